The summed E-state index contributed by atoms with van der Waals surface area (Å²) in [7, 11) is 3.30. The highest BCUT2D eigenvalue weighted by Gasteiger charge is 2.08. The minimum Gasteiger partial charge on any atom is -0.497 e. The molecule has 6 nitrogen and oxygen atoms in total. The van der Waals surface area contributed by atoms with Gasteiger partial charge in [-0.2, -0.15) is 0 Å². The second-order valence-electron chi connectivity index (χ2n) is 6.45. The first-order valence-corrected chi connectivity index (χ1v) is 9.42. The minimum atomic E-state index is -0.214. The largest absolute Gasteiger partial charge is 0.497 e. The van der Waals surface area contributed by atoms with Gasteiger partial charge in [-0.1, -0.05) is 30.3 Å². The number of aromatic nitrogens is 1. The molecule has 0 radical (unpaired) electrons. The van der Waals surface area contributed by atoms with E-state index in [0.717, 1.165) is 41.3 Å². The molecule has 3 rings (SSSR count). The highest BCUT2D eigenvalue weighted by molar-refractivity contribution is 5.93. The van der Waals surface area contributed by atoms with Gasteiger partial charge >= 0.3 is 0 Å². The van der Waals surface area contributed by atoms with Crippen LogP contribution in [0, 0.1) is 0 Å². The van der Waals surface area contributed by atoms with Crippen LogP contribution in [0.5, 0.6) is 11.5 Å². The van der Waals surface area contributed by atoms with E-state index in [9.17, 15) is 4.79 Å². The lowest BCUT2D eigenvalue weighted by atomic mass is 10.1. The number of hydrogen-bond donors (Lipinski definition) is 2. The first-order valence-electron chi connectivity index (χ1n) is 9.42. The summed E-state index contributed by atoms with van der Waals surface area (Å²) >= 11 is 0. The Hall–Kier alpha value is -3.54. The van der Waals surface area contributed by atoms with Crippen molar-refractivity contribution < 1.29 is 14.3 Å². The molecule has 6 heteroatoms. The number of pyridine rings is 1. The molecule has 0 spiro atoms. The number of benzene rings is 2. The maximum atomic E-state index is 12.4. The fourth-order valence-electron chi connectivity index (χ4n) is 2.93. The van der Waals surface area contributed by atoms with Gasteiger partial charge in [0.15, 0.2) is 0 Å². The van der Waals surface area contributed by atoms with Crippen LogP contribution in [0.4, 0.5) is 5.69 Å². The third-order valence-electron chi connectivity index (χ3n) is 4.52. The summed E-state index contributed by atoms with van der Waals surface area (Å²) < 4.78 is 10.5. The van der Waals surface area contributed by atoms with Crippen molar-refractivity contribution in [1.29, 1.82) is 0 Å². The van der Waals surface area contributed by atoms with Crippen molar-refractivity contribution in [2.45, 2.75) is 13.0 Å². The second kappa shape index (κ2) is 10.1. The standard InChI is InChI=1S/C23H25N3O3/c1-28-20-9-7-17(8-10-20)16-26-23(27)21-15-19(12-14-25-21)24-13-11-18-5-3-4-6-22(18)29-2/h3-10,12,14-15H,11,13,16H2,1-2H3,(H,24,25)(H,26,27). The highest BCUT2D eigenvalue weighted by atomic mass is 16.5. The molecule has 0 saturated heterocycles. The van der Waals surface area contributed by atoms with E-state index in [0.29, 0.717) is 12.2 Å². The monoisotopic (exact) mass is 391 g/mol. The quantitative estimate of drug-likeness (QED) is 0.582. The van der Waals surface area contributed by atoms with E-state index in [1.165, 1.54) is 0 Å². The first kappa shape index (κ1) is 20.2. The summed E-state index contributed by atoms with van der Waals surface area (Å²) in [5, 5.41) is 6.23. The van der Waals surface area contributed by atoms with Gasteiger partial charge in [-0.05, 0) is 47.9 Å². The van der Waals surface area contributed by atoms with Crippen molar-refractivity contribution in [1.82, 2.24) is 10.3 Å². The molecule has 0 bridgehead atoms. The minimum absolute atomic E-state index is 0.214. The molecule has 0 aliphatic heterocycles. The predicted octanol–water partition coefficient (Wildman–Crippen LogP) is 3.68. The molecule has 150 valence electrons. The Morgan fingerprint density at radius 1 is 1.00 bits per heavy atom. The van der Waals surface area contributed by atoms with Crippen LogP contribution in [0.2, 0.25) is 0 Å². The Morgan fingerprint density at radius 3 is 2.55 bits per heavy atom. The number of carbonyl (C=O) groups is 1. The van der Waals surface area contributed by atoms with Gasteiger partial charge in [0, 0.05) is 25.0 Å². The average molecular weight is 391 g/mol. The Kier molecular flexibility index (Phi) is 7.05. The molecular weight excluding hydrogens is 366 g/mol. The van der Waals surface area contributed by atoms with Crippen molar-refractivity contribution in [3.63, 3.8) is 0 Å². The highest BCUT2D eigenvalue weighted by Crippen LogP contribution is 2.18. The van der Waals surface area contributed by atoms with Crippen LogP contribution in [0.1, 0.15) is 21.6 Å². The number of methoxy groups -OCH3 is 2. The number of hydrogen-bond acceptors (Lipinski definition) is 5. The molecule has 1 amide bonds. The topological polar surface area (TPSA) is 72.5 Å². The van der Waals surface area contributed by atoms with Gasteiger partial charge in [-0.15, -0.1) is 0 Å². The number of nitrogens with zero attached hydrogens (tertiary/aromatic N) is 1. The molecule has 0 atom stereocenters. The van der Waals surface area contributed by atoms with Crippen molar-refractivity contribution in [3.8, 4) is 11.5 Å². The van der Waals surface area contributed by atoms with E-state index >= 15 is 0 Å². The maximum absolute atomic E-state index is 12.4. The number of para-hydroxylation sites is 1. The molecule has 0 unspecified atom stereocenters. The summed E-state index contributed by atoms with van der Waals surface area (Å²) in [6, 6.07) is 19.1. The van der Waals surface area contributed by atoms with E-state index in [4.69, 9.17) is 9.47 Å². The van der Waals surface area contributed by atoms with Gasteiger partial charge in [0.25, 0.3) is 5.91 Å². The zero-order chi connectivity index (χ0) is 20.5. The Morgan fingerprint density at radius 2 is 1.79 bits per heavy atom. The molecule has 2 aromatic carbocycles. The summed E-state index contributed by atoms with van der Waals surface area (Å²) in [5.41, 5.74) is 3.35. The van der Waals surface area contributed by atoms with E-state index in [-0.39, 0.29) is 5.91 Å². The molecule has 29 heavy (non-hydrogen) atoms. The van der Waals surface area contributed by atoms with Crippen molar-refractivity contribution in [2.24, 2.45) is 0 Å². The van der Waals surface area contributed by atoms with Crippen LogP contribution in [-0.4, -0.2) is 31.7 Å². The first-order chi connectivity index (χ1) is 14.2. The molecule has 2 N–H and O–H groups in total. The van der Waals surface area contributed by atoms with Crippen molar-refractivity contribution >= 4 is 11.6 Å². The lowest BCUT2D eigenvalue weighted by Crippen LogP contribution is -2.23. The Balaban J connectivity index is 1.53. The third kappa shape index (κ3) is 5.72. The number of rotatable bonds is 9. The van der Waals surface area contributed by atoms with Gasteiger partial charge in [0.1, 0.15) is 17.2 Å². The van der Waals surface area contributed by atoms with Crippen LogP contribution in [0.25, 0.3) is 0 Å². The summed E-state index contributed by atoms with van der Waals surface area (Å²) in [6.45, 7) is 1.15. The third-order valence-corrected chi connectivity index (χ3v) is 4.52. The van der Waals surface area contributed by atoms with Crippen LogP contribution in [-0.2, 0) is 13.0 Å². The lowest BCUT2D eigenvalue weighted by Gasteiger charge is -2.11. The number of amides is 1. The van der Waals surface area contributed by atoms with Gasteiger partial charge in [-0.25, -0.2) is 0 Å². The molecule has 1 heterocycles. The van der Waals surface area contributed by atoms with Crippen LogP contribution >= 0.6 is 0 Å². The predicted molar refractivity (Wildman–Crippen MR) is 114 cm³/mol. The van der Waals surface area contributed by atoms with Crippen LogP contribution < -0.4 is 20.1 Å². The summed E-state index contributed by atoms with van der Waals surface area (Å²) in [4.78, 5) is 16.6. The number of ether oxygens (including phenoxy) is 2. The summed E-state index contributed by atoms with van der Waals surface area (Å²) in [5.74, 6) is 1.45. The van der Waals surface area contributed by atoms with Crippen LogP contribution in [0.3, 0.4) is 0 Å². The summed E-state index contributed by atoms with van der Waals surface area (Å²) in [6.07, 6.45) is 2.44. The molecule has 1 aromatic heterocycles. The number of anilines is 1. The molecule has 0 aliphatic carbocycles. The van der Waals surface area contributed by atoms with E-state index in [2.05, 4.69) is 15.6 Å². The zero-order valence-electron chi connectivity index (χ0n) is 16.6. The fourth-order valence-corrected chi connectivity index (χ4v) is 2.93. The SMILES string of the molecule is COc1ccc(CNC(=O)c2cc(NCCc3ccccc3OC)ccn2)cc1. The average Bonchev–Trinajstić information content (AvgIpc) is 2.78. The van der Waals surface area contributed by atoms with E-state index in [1.807, 2.05) is 54.6 Å². The van der Waals surface area contributed by atoms with Gasteiger partial charge in [0.05, 0.1) is 14.2 Å². The smallest absolute Gasteiger partial charge is 0.270 e. The molecule has 0 aliphatic rings. The molecular formula is C23H25N3O3. The van der Waals surface area contributed by atoms with Crippen molar-refractivity contribution in [3.05, 3.63) is 83.7 Å². The second-order valence-corrected chi connectivity index (χ2v) is 6.45. The van der Waals surface area contributed by atoms with Gasteiger partial charge in [-0.3, -0.25) is 9.78 Å². The Bertz CT molecular complexity index is 942. The molecule has 0 saturated carbocycles. The Labute approximate surface area is 170 Å². The van der Waals surface area contributed by atoms with E-state index in [1.54, 1.807) is 26.5 Å². The van der Waals surface area contributed by atoms with Gasteiger partial charge in [0.2, 0.25) is 0 Å². The molecule has 0 fully saturated rings. The fraction of sp³-hybridized carbons (Fsp3) is 0.217. The molecule has 3 aromatic rings. The number of carbonyl (C=O) groups excluding carboxylic acids is 1. The van der Waals surface area contributed by atoms with Gasteiger partial charge < -0.3 is 20.1 Å². The lowest BCUT2D eigenvalue weighted by molar-refractivity contribution is 0.0946. The number of nitrogens with one attached hydrogen (secondary N) is 2. The maximum Gasteiger partial charge on any atom is 0.270 e. The van der Waals surface area contributed by atoms with E-state index < -0.39 is 0 Å². The van der Waals surface area contributed by atoms with Crippen molar-refractivity contribution in [2.75, 3.05) is 26.1 Å². The van der Waals surface area contributed by atoms with Crippen LogP contribution in [0.15, 0.2) is 66.9 Å². The zero-order valence-corrected chi connectivity index (χ0v) is 16.6. The normalized spacial score (nSPS) is 10.3.